The molecule has 1 atom stereocenters. The Bertz CT molecular complexity index is 652. The molecule has 0 spiro atoms. The fraction of sp³-hybridized carbons (Fsp3) is 0.125. The molecule has 0 radical (unpaired) electrons. The molecule has 0 aliphatic carbocycles. The highest BCUT2D eigenvalue weighted by Crippen LogP contribution is 2.30. The normalized spacial score (nSPS) is 12.7. The Labute approximate surface area is 116 Å². The highest BCUT2D eigenvalue weighted by atomic mass is 32.2. The zero-order chi connectivity index (χ0) is 13.2. The molecule has 0 aliphatic heterocycles. The zero-order valence-electron chi connectivity index (χ0n) is 10.6. The van der Waals surface area contributed by atoms with E-state index in [-0.39, 0.29) is 0 Å². The van der Waals surface area contributed by atoms with Gasteiger partial charge < -0.3 is 10.1 Å². The van der Waals surface area contributed by atoms with E-state index in [9.17, 15) is 5.11 Å². The molecule has 0 bridgehead atoms. The monoisotopic (exact) mass is 269 g/mol. The number of aliphatic hydroxyl groups is 1. The fourth-order valence-corrected chi connectivity index (χ4v) is 2.92. The van der Waals surface area contributed by atoms with Gasteiger partial charge in [-0.2, -0.15) is 0 Å². The van der Waals surface area contributed by atoms with E-state index in [2.05, 4.69) is 23.2 Å². The quantitative estimate of drug-likeness (QED) is 0.740. The van der Waals surface area contributed by atoms with Crippen molar-refractivity contribution >= 4 is 22.7 Å². The van der Waals surface area contributed by atoms with Crippen LogP contribution in [0.1, 0.15) is 18.6 Å². The minimum absolute atomic E-state index is 0.410. The molecule has 0 saturated carbocycles. The number of benzene rings is 2. The summed E-state index contributed by atoms with van der Waals surface area (Å²) >= 11 is 1.70. The number of aromatic nitrogens is 1. The van der Waals surface area contributed by atoms with Crippen LogP contribution in [-0.4, -0.2) is 10.1 Å². The van der Waals surface area contributed by atoms with Crippen LogP contribution >= 0.6 is 11.8 Å². The summed E-state index contributed by atoms with van der Waals surface area (Å²) in [7, 11) is 0. The van der Waals surface area contributed by atoms with Gasteiger partial charge in [0.25, 0.3) is 0 Å². The highest BCUT2D eigenvalue weighted by Gasteiger charge is 2.04. The van der Waals surface area contributed by atoms with Gasteiger partial charge in [-0.25, -0.2) is 0 Å². The van der Waals surface area contributed by atoms with Crippen LogP contribution in [-0.2, 0) is 0 Å². The lowest BCUT2D eigenvalue weighted by Crippen LogP contribution is -1.89. The van der Waals surface area contributed by atoms with E-state index in [0.717, 1.165) is 21.0 Å². The van der Waals surface area contributed by atoms with Crippen LogP contribution in [0.5, 0.6) is 0 Å². The Hall–Kier alpha value is -1.71. The molecule has 1 aromatic heterocycles. The van der Waals surface area contributed by atoms with Gasteiger partial charge in [0.15, 0.2) is 0 Å². The molecule has 3 heteroatoms. The fourth-order valence-electron chi connectivity index (χ4n) is 2.04. The number of para-hydroxylation sites is 1. The summed E-state index contributed by atoms with van der Waals surface area (Å²) < 4.78 is 0. The number of H-pyrrole nitrogens is 1. The number of hydrogen-bond acceptors (Lipinski definition) is 2. The van der Waals surface area contributed by atoms with Crippen molar-refractivity contribution in [2.24, 2.45) is 0 Å². The third kappa shape index (κ3) is 2.67. The molecular formula is C16H15NOS. The smallest absolute Gasteiger partial charge is 0.0780 e. The molecule has 3 aromatic rings. The highest BCUT2D eigenvalue weighted by molar-refractivity contribution is 7.99. The molecule has 3 rings (SSSR count). The molecule has 0 saturated heterocycles. The summed E-state index contributed by atoms with van der Waals surface area (Å²) in [5.74, 6) is 0. The number of fused-ring (bicyclic) bond motifs is 1. The Morgan fingerprint density at radius 3 is 2.47 bits per heavy atom. The molecule has 0 aliphatic rings. The summed E-state index contributed by atoms with van der Waals surface area (Å²) in [5.41, 5.74) is 2.10. The SMILES string of the molecule is CC(O)c1ccc(Sc2cc3ccccc3[nH]2)cc1. The molecule has 96 valence electrons. The molecule has 2 aromatic carbocycles. The Kier molecular flexibility index (Phi) is 3.32. The van der Waals surface area contributed by atoms with Crippen LogP contribution in [0.3, 0.4) is 0 Å². The first-order valence-corrected chi connectivity index (χ1v) is 7.08. The molecule has 1 heterocycles. The first-order valence-electron chi connectivity index (χ1n) is 6.26. The Morgan fingerprint density at radius 1 is 1.05 bits per heavy atom. The Morgan fingerprint density at radius 2 is 1.79 bits per heavy atom. The average molecular weight is 269 g/mol. The molecule has 1 unspecified atom stereocenters. The van der Waals surface area contributed by atoms with Gasteiger partial charge in [-0.15, -0.1) is 0 Å². The summed E-state index contributed by atoms with van der Waals surface area (Å²) in [4.78, 5) is 4.56. The lowest BCUT2D eigenvalue weighted by Gasteiger charge is -2.05. The number of rotatable bonds is 3. The van der Waals surface area contributed by atoms with Gasteiger partial charge in [-0.05, 0) is 36.8 Å². The summed E-state index contributed by atoms with van der Waals surface area (Å²) in [5, 5.41) is 11.8. The van der Waals surface area contributed by atoms with Gasteiger partial charge in [0.1, 0.15) is 0 Å². The molecular weight excluding hydrogens is 254 g/mol. The van der Waals surface area contributed by atoms with Gasteiger partial charge in [-0.1, -0.05) is 42.1 Å². The van der Waals surface area contributed by atoms with Crippen molar-refractivity contribution in [3.63, 3.8) is 0 Å². The summed E-state index contributed by atoms with van der Waals surface area (Å²) in [6.45, 7) is 1.78. The first-order chi connectivity index (χ1) is 9.22. The van der Waals surface area contributed by atoms with E-state index in [1.807, 2.05) is 36.4 Å². The van der Waals surface area contributed by atoms with Crippen LogP contribution in [0.2, 0.25) is 0 Å². The molecule has 2 N–H and O–H groups in total. The van der Waals surface area contributed by atoms with Gasteiger partial charge in [0.05, 0.1) is 11.1 Å². The Balaban J connectivity index is 1.84. The van der Waals surface area contributed by atoms with Crippen molar-refractivity contribution in [2.75, 3.05) is 0 Å². The van der Waals surface area contributed by atoms with E-state index in [1.54, 1.807) is 18.7 Å². The standard InChI is InChI=1S/C16H15NOS/c1-11(18)12-6-8-14(9-7-12)19-16-10-13-4-2-3-5-15(13)17-16/h2-11,17-18H,1H3. The number of aromatic amines is 1. The van der Waals surface area contributed by atoms with Crippen molar-refractivity contribution in [2.45, 2.75) is 22.9 Å². The van der Waals surface area contributed by atoms with E-state index in [4.69, 9.17) is 0 Å². The maximum atomic E-state index is 9.49. The zero-order valence-corrected chi connectivity index (χ0v) is 11.4. The van der Waals surface area contributed by atoms with Crippen molar-refractivity contribution in [3.05, 3.63) is 60.2 Å². The van der Waals surface area contributed by atoms with Crippen molar-refractivity contribution in [1.82, 2.24) is 4.98 Å². The predicted molar refractivity (Wildman–Crippen MR) is 79.5 cm³/mol. The molecule has 19 heavy (non-hydrogen) atoms. The van der Waals surface area contributed by atoms with Gasteiger partial charge in [-0.3, -0.25) is 0 Å². The van der Waals surface area contributed by atoms with E-state index >= 15 is 0 Å². The van der Waals surface area contributed by atoms with Crippen LogP contribution in [0.15, 0.2) is 64.5 Å². The van der Waals surface area contributed by atoms with E-state index in [0.29, 0.717) is 0 Å². The average Bonchev–Trinajstić information content (AvgIpc) is 2.81. The second-order valence-corrected chi connectivity index (χ2v) is 5.68. The minimum Gasteiger partial charge on any atom is -0.389 e. The number of aliphatic hydroxyl groups excluding tert-OH is 1. The second kappa shape index (κ2) is 5.11. The number of nitrogens with one attached hydrogen (secondary N) is 1. The van der Waals surface area contributed by atoms with Crippen molar-refractivity contribution in [3.8, 4) is 0 Å². The third-order valence-electron chi connectivity index (χ3n) is 3.10. The minimum atomic E-state index is -0.410. The molecule has 0 amide bonds. The first kappa shape index (κ1) is 12.3. The van der Waals surface area contributed by atoms with Gasteiger partial charge >= 0.3 is 0 Å². The third-order valence-corrected chi connectivity index (χ3v) is 4.04. The van der Waals surface area contributed by atoms with E-state index in [1.165, 1.54) is 5.39 Å². The lowest BCUT2D eigenvalue weighted by molar-refractivity contribution is 0.199. The van der Waals surface area contributed by atoms with Crippen molar-refractivity contribution in [1.29, 1.82) is 0 Å². The van der Waals surface area contributed by atoms with Crippen LogP contribution in [0.25, 0.3) is 10.9 Å². The van der Waals surface area contributed by atoms with Crippen LogP contribution < -0.4 is 0 Å². The predicted octanol–water partition coefficient (Wildman–Crippen LogP) is 4.37. The van der Waals surface area contributed by atoms with Gasteiger partial charge in [0, 0.05) is 15.8 Å². The largest absolute Gasteiger partial charge is 0.389 e. The summed E-state index contributed by atoms with van der Waals surface area (Å²) in [6.07, 6.45) is -0.410. The second-order valence-electron chi connectivity index (χ2n) is 4.57. The maximum Gasteiger partial charge on any atom is 0.0780 e. The molecule has 0 fully saturated rings. The van der Waals surface area contributed by atoms with Crippen LogP contribution in [0.4, 0.5) is 0 Å². The van der Waals surface area contributed by atoms with Gasteiger partial charge in [0.2, 0.25) is 0 Å². The van der Waals surface area contributed by atoms with E-state index < -0.39 is 6.10 Å². The number of hydrogen-bond donors (Lipinski definition) is 2. The molecule has 2 nitrogen and oxygen atoms in total. The lowest BCUT2D eigenvalue weighted by atomic mass is 10.1. The van der Waals surface area contributed by atoms with Crippen LogP contribution in [0, 0.1) is 0 Å². The maximum absolute atomic E-state index is 9.49. The topological polar surface area (TPSA) is 36.0 Å². The summed E-state index contributed by atoms with van der Waals surface area (Å²) in [6, 6.07) is 18.4. The van der Waals surface area contributed by atoms with Crippen molar-refractivity contribution < 1.29 is 5.11 Å².